The van der Waals surface area contributed by atoms with E-state index in [2.05, 4.69) is 15.3 Å². The molecule has 0 saturated heterocycles. The summed E-state index contributed by atoms with van der Waals surface area (Å²) in [5.74, 6) is 1.54. The lowest BCUT2D eigenvalue weighted by Crippen LogP contribution is -1.99. The Labute approximate surface area is 94.1 Å². The molecule has 0 aliphatic heterocycles. The summed E-state index contributed by atoms with van der Waals surface area (Å²) in [6.45, 7) is 1.94. The highest BCUT2D eigenvalue weighted by Crippen LogP contribution is 2.24. The largest absolute Gasteiger partial charge is 0.494 e. The van der Waals surface area contributed by atoms with Crippen LogP contribution in [-0.4, -0.2) is 28.7 Å². The van der Waals surface area contributed by atoms with Crippen molar-refractivity contribution in [2.45, 2.75) is 6.92 Å². The number of aromatic nitrogens is 3. The lowest BCUT2D eigenvalue weighted by Gasteiger charge is -2.09. The molecule has 0 bridgehead atoms. The van der Waals surface area contributed by atoms with Gasteiger partial charge in [0.1, 0.15) is 17.3 Å². The van der Waals surface area contributed by atoms with E-state index in [-0.39, 0.29) is 0 Å². The first kappa shape index (κ1) is 10.5. The van der Waals surface area contributed by atoms with Crippen LogP contribution in [0.25, 0.3) is 5.69 Å². The molecule has 5 heteroatoms. The summed E-state index contributed by atoms with van der Waals surface area (Å²) < 4.78 is 7.21. The zero-order chi connectivity index (χ0) is 11.5. The summed E-state index contributed by atoms with van der Waals surface area (Å²) in [6.07, 6.45) is 5.43. The molecule has 84 valence electrons. The quantitative estimate of drug-likeness (QED) is 0.850. The van der Waals surface area contributed by atoms with Crippen LogP contribution in [0.15, 0.2) is 24.8 Å². The highest BCUT2D eigenvalue weighted by molar-refractivity contribution is 5.52. The average molecular weight is 218 g/mol. The molecule has 2 aromatic heterocycles. The Kier molecular flexibility index (Phi) is 2.76. The third kappa shape index (κ3) is 1.84. The first-order chi connectivity index (χ1) is 7.74. The number of hydrogen-bond donors (Lipinski definition) is 1. The van der Waals surface area contributed by atoms with Crippen LogP contribution in [0.3, 0.4) is 0 Å². The lowest BCUT2D eigenvalue weighted by molar-refractivity contribution is 0.412. The Morgan fingerprint density at radius 2 is 2.19 bits per heavy atom. The molecule has 2 heterocycles. The predicted molar refractivity (Wildman–Crippen MR) is 62.2 cm³/mol. The number of nitrogens with zero attached hydrogens (tertiary/aromatic N) is 3. The number of pyridine rings is 1. The Morgan fingerprint density at radius 3 is 2.75 bits per heavy atom. The van der Waals surface area contributed by atoms with Gasteiger partial charge >= 0.3 is 0 Å². The van der Waals surface area contributed by atoms with Crippen LogP contribution in [-0.2, 0) is 0 Å². The SMILES string of the molecule is CNc1cc(OC)c(-n2cnc(C)c2)cn1. The van der Waals surface area contributed by atoms with Gasteiger partial charge in [-0.2, -0.15) is 0 Å². The minimum Gasteiger partial charge on any atom is -0.494 e. The fourth-order valence-corrected chi connectivity index (χ4v) is 1.48. The molecule has 0 amide bonds. The van der Waals surface area contributed by atoms with Crippen molar-refractivity contribution in [2.75, 3.05) is 19.5 Å². The van der Waals surface area contributed by atoms with Crippen molar-refractivity contribution in [1.82, 2.24) is 14.5 Å². The number of hydrogen-bond acceptors (Lipinski definition) is 4. The Morgan fingerprint density at radius 1 is 1.38 bits per heavy atom. The number of methoxy groups -OCH3 is 1. The number of anilines is 1. The van der Waals surface area contributed by atoms with E-state index in [1.807, 2.05) is 30.8 Å². The van der Waals surface area contributed by atoms with E-state index in [4.69, 9.17) is 4.74 Å². The van der Waals surface area contributed by atoms with E-state index in [0.29, 0.717) is 0 Å². The second-order valence-corrected chi connectivity index (χ2v) is 3.41. The van der Waals surface area contributed by atoms with Crippen LogP contribution in [0, 0.1) is 6.92 Å². The minimum atomic E-state index is 0.761. The van der Waals surface area contributed by atoms with Crippen molar-refractivity contribution in [1.29, 1.82) is 0 Å². The zero-order valence-corrected chi connectivity index (χ0v) is 9.56. The van der Waals surface area contributed by atoms with E-state index >= 15 is 0 Å². The molecule has 0 radical (unpaired) electrons. The summed E-state index contributed by atoms with van der Waals surface area (Å²) in [7, 11) is 3.46. The second kappa shape index (κ2) is 4.22. The van der Waals surface area contributed by atoms with Crippen molar-refractivity contribution >= 4 is 5.82 Å². The normalized spacial score (nSPS) is 10.2. The van der Waals surface area contributed by atoms with Crippen LogP contribution in [0.1, 0.15) is 5.69 Å². The molecule has 1 N–H and O–H groups in total. The first-order valence-corrected chi connectivity index (χ1v) is 4.97. The minimum absolute atomic E-state index is 0.761. The van der Waals surface area contributed by atoms with Crippen LogP contribution >= 0.6 is 0 Å². The lowest BCUT2D eigenvalue weighted by atomic mass is 10.3. The van der Waals surface area contributed by atoms with Gasteiger partial charge in [-0.05, 0) is 6.92 Å². The monoisotopic (exact) mass is 218 g/mol. The van der Waals surface area contributed by atoms with E-state index < -0.39 is 0 Å². The Bertz CT molecular complexity index is 492. The van der Waals surface area contributed by atoms with Crippen LogP contribution in [0.5, 0.6) is 5.75 Å². The van der Waals surface area contributed by atoms with Gasteiger partial charge in [-0.25, -0.2) is 9.97 Å². The smallest absolute Gasteiger partial charge is 0.148 e. The van der Waals surface area contributed by atoms with Crippen molar-refractivity contribution in [3.8, 4) is 11.4 Å². The molecule has 0 unspecified atom stereocenters. The topological polar surface area (TPSA) is 52.0 Å². The third-order valence-electron chi connectivity index (χ3n) is 2.31. The van der Waals surface area contributed by atoms with Crippen molar-refractivity contribution in [3.05, 3.63) is 30.5 Å². The number of ether oxygens (including phenoxy) is 1. The summed E-state index contributed by atoms with van der Waals surface area (Å²) in [4.78, 5) is 8.43. The van der Waals surface area contributed by atoms with Gasteiger partial charge in [0.05, 0.1) is 25.3 Å². The van der Waals surface area contributed by atoms with Crippen LogP contribution in [0.2, 0.25) is 0 Å². The van der Waals surface area contributed by atoms with Gasteiger partial charge in [-0.15, -0.1) is 0 Å². The highest BCUT2D eigenvalue weighted by Gasteiger charge is 2.07. The first-order valence-electron chi connectivity index (χ1n) is 4.97. The van der Waals surface area contributed by atoms with Gasteiger partial charge in [0.2, 0.25) is 0 Å². The zero-order valence-electron chi connectivity index (χ0n) is 9.56. The maximum absolute atomic E-state index is 5.32. The fraction of sp³-hybridized carbons (Fsp3) is 0.273. The molecule has 16 heavy (non-hydrogen) atoms. The number of nitrogens with one attached hydrogen (secondary N) is 1. The molecular formula is C11H14N4O. The molecule has 2 aromatic rings. The summed E-state index contributed by atoms with van der Waals surface area (Å²) in [5, 5.41) is 2.97. The molecule has 0 aromatic carbocycles. The summed E-state index contributed by atoms with van der Waals surface area (Å²) >= 11 is 0. The van der Waals surface area contributed by atoms with E-state index in [9.17, 15) is 0 Å². The van der Waals surface area contributed by atoms with Gasteiger partial charge in [0.15, 0.2) is 0 Å². The maximum atomic E-state index is 5.32. The average Bonchev–Trinajstić information content (AvgIpc) is 2.74. The Hall–Kier alpha value is -2.04. The number of aryl methyl sites for hydroxylation is 1. The fourth-order valence-electron chi connectivity index (χ4n) is 1.48. The molecule has 0 fully saturated rings. The number of imidazole rings is 1. The molecular weight excluding hydrogens is 204 g/mol. The van der Waals surface area contributed by atoms with E-state index in [0.717, 1.165) is 22.9 Å². The van der Waals surface area contributed by atoms with Crippen molar-refractivity contribution in [3.63, 3.8) is 0 Å². The van der Waals surface area contributed by atoms with Gasteiger partial charge < -0.3 is 14.6 Å². The van der Waals surface area contributed by atoms with Crippen LogP contribution < -0.4 is 10.1 Å². The van der Waals surface area contributed by atoms with Gasteiger partial charge in [-0.3, -0.25) is 0 Å². The van der Waals surface area contributed by atoms with Gasteiger partial charge in [0, 0.05) is 19.3 Å². The third-order valence-corrected chi connectivity index (χ3v) is 2.31. The summed E-state index contributed by atoms with van der Waals surface area (Å²) in [6, 6.07) is 1.85. The van der Waals surface area contributed by atoms with Crippen molar-refractivity contribution < 1.29 is 4.74 Å². The van der Waals surface area contributed by atoms with Crippen molar-refractivity contribution in [2.24, 2.45) is 0 Å². The predicted octanol–water partition coefficient (Wildman–Crippen LogP) is 1.63. The second-order valence-electron chi connectivity index (χ2n) is 3.41. The molecule has 0 saturated carbocycles. The summed E-state index contributed by atoms with van der Waals surface area (Å²) in [5.41, 5.74) is 1.84. The van der Waals surface area contributed by atoms with Gasteiger partial charge in [0.25, 0.3) is 0 Å². The molecule has 0 atom stereocenters. The maximum Gasteiger partial charge on any atom is 0.148 e. The molecule has 5 nitrogen and oxygen atoms in total. The highest BCUT2D eigenvalue weighted by atomic mass is 16.5. The molecule has 2 rings (SSSR count). The van der Waals surface area contributed by atoms with E-state index in [1.165, 1.54) is 0 Å². The van der Waals surface area contributed by atoms with Gasteiger partial charge in [-0.1, -0.05) is 0 Å². The Balaban J connectivity index is 2.48. The standard InChI is InChI=1S/C11H14N4O/c1-8-6-15(7-14-8)9-5-13-11(12-2)4-10(9)16-3/h4-7H,1-3H3,(H,12,13). The van der Waals surface area contributed by atoms with Crippen LogP contribution in [0.4, 0.5) is 5.82 Å². The molecule has 0 aliphatic carbocycles. The van der Waals surface area contributed by atoms with E-state index in [1.54, 1.807) is 19.6 Å². The molecule has 0 aliphatic rings. The number of rotatable bonds is 3. The molecule has 0 spiro atoms.